The molecule has 0 aliphatic heterocycles. The first-order valence-corrected chi connectivity index (χ1v) is 9.36. The number of ketones is 1. The van der Waals surface area contributed by atoms with Crippen LogP contribution in [0.1, 0.15) is 27.9 Å². The highest BCUT2D eigenvalue weighted by Gasteiger charge is 2.15. The number of fused-ring (bicyclic) bond motifs is 2. The van der Waals surface area contributed by atoms with Gasteiger partial charge in [-0.25, -0.2) is 9.97 Å². The largest absolute Gasteiger partial charge is 0.383 e. The van der Waals surface area contributed by atoms with E-state index in [2.05, 4.69) is 16.0 Å². The van der Waals surface area contributed by atoms with Gasteiger partial charge in [0.15, 0.2) is 10.9 Å². The summed E-state index contributed by atoms with van der Waals surface area (Å²) < 4.78 is 0. The van der Waals surface area contributed by atoms with Gasteiger partial charge in [0.05, 0.1) is 11.1 Å². The van der Waals surface area contributed by atoms with Crippen molar-refractivity contribution < 1.29 is 4.79 Å². The third-order valence-electron chi connectivity index (χ3n) is 4.09. The van der Waals surface area contributed by atoms with Crippen molar-refractivity contribution in [1.82, 2.24) is 9.97 Å². The number of aromatic nitrogens is 2. The van der Waals surface area contributed by atoms with Gasteiger partial charge < -0.3 is 5.73 Å². The number of nitrogens with two attached hydrogens (primary N) is 1. The van der Waals surface area contributed by atoms with Crippen LogP contribution in [-0.4, -0.2) is 21.5 Å². The van der Waals surface area contributed by atoms with Gasteiger partial charge in [-0.05, 0) is 47.9 Å². The van der Waals surface area contributed by atoms with Crippen molar-refractivity contribution in [2.45, 2.75) is 24.4 Å². The molecule has 0 saturated heterocycles. The minimum Gasteiger partial charge on any atom is -0.383 e. The molecule has 0 unspecified atom stereocenters. The van der Waals surface area contributed by atoms with Crippen LogP contribution in [0.5, 0.6) is 0 Å². The number of nitrogens with zero attached hydrogens (tertiary/aromatic N) is 2. The zero-order valence-electron chi connectivity index (χ0n) is 12.4. The van der Waals surface area contributed by atoms with Crippen molar-refractivity contribution in [3.8, 4) is 0 Å². The summed E-state index contributed by atoms with van der Waals surface area (Å²) in [5, 5.41) is 3.39. The lowest BCUT2D eigenvalue weighted by Crippen LogP contribution is -2.04. The van der Waals surface area contributed by atoms with Gasteiger partial charge in [-0.15, -0.1) is 11.3 Å². The molecule has 0 saturated carbocycles. The number of benzene rings is 1. The van der Waals surface area contributed by atoms with E-state index in [0.717, 1.165) is 28.6 Å². The average Bonchev–Trinajstić information content (AvgIpc) is 3.20. The average molecular weight is 341 g/mol. The normalized spacial score (nSPS) is 13.4. The predicted molar refractivity (Wildman–Crippen MR) is 95.3 cm³/mol. The number of thiophene rings is 1. The molecular formula is C17H15N3OS2. The fourth-order valence-corrected chi connectivity index (χ4v) is 4.46. The van der Waals surface area contributed by atoms with E-state index >= 15 is 0 Å². The molecule has 23 heavy (non-hydrogen) atoms. The summed E-state index contributed by atoms with van der Waals surface area (Å²) in [6.07, 6.45) is 3.40. The first-order valence-electron chi connectivity index (χ1n) is 7.49. The number of nitrogen functional groups attached to an aromatic ring is 1. The highest BCUT2D eigenvalue weighted by Crippen LogP contribution is 2.27. The smallest absolute Gasteiger partial charge is 0.191 e. The molecule has 1 aromatic carbocycles. The van der Waals surface area contributed by atoms with Crippen LogP contribution in [0.4, 0.5) is 5.82 Å². The summed E-state index contributed by atoms with van der Waals surface area (Å²) in [6, 6.07) is 7.99. The van der Waals surface area contributed by atoms with Gasteiger partial charge in [0.25, 0.3) is 0 Å². The van der Waals surface area contributed by atoms with Gasteiger partial charge >= 0.3 is 0 Å². The molecule has 2 aromatic heterocycles. The van der Waals surface area contributed by atoms with E-state index < -0.39 is 0 Å². The lowest BCUT2D eigenvalue weighted by Gasteiger charge is -2.05. The molecule has 4 rings (SSSR count). The number of Topliss-reactive ketones (excluding diaryl/α,β-unsaturated/α-hetero) is 1. The first kappa shape index (κ1) is 14.7. The molecule has 2 heterocycles. The zero-order chi connectivity index (χ0) is 15.8. The molecule has 0 spiro atoms. The Hall–Kier alpha value is -1.92. The molecule has 1 aliphatic carbocycles. The van der Waals surface area contributed by atoms with Crippen LogP contribution in [0.2, 0.25) is 0 Å². The summed E-state index contributed by atoms with van der Waals surface area (Å²) in [5.41, 5.74) is 9.42. The van der Waals surface area contributed by atoms with E-state index in [9.17, 15) is 4.79 Å². The van der Waals surface area contributed by atoms with Crippen LogP contribution in [0.25, 0.3) is 10.2 Å². The van der Waals surface area contributed by atoms with E-state index in [4.69, 9.17) is 5.73 Å². The Labute approximate surface area is 142 Å². The molecular weight excluding hydrogens is 326 g/mol. The number of aryl methyl sites for hydroxylation is 2. The molecule has 116 valence electrons. The molecule has 0 atom stereocenters. The fraction of sp³-hybridized carbons (Fsp3) is 0.235. The van der Waals surface area contributed by atoms with Gasteiger partial charge in [-0.3, -0.25) is 4.79 Å². The summed E-state index contributed by atoms with van der Waals surface area (Å²) >= 11 is 2.87. The van der Waals surface area contributed by atoms with Crippen LogP contribution in [0.3, 0.4) is 0 Å². The summed E-state index contributed by atoms with van der Waals surface area (Å²) in [6.45, 7) is 0. The monoisotopic (exact) mass is 341 g/mol. The Morgan fingerprint density at radius 2 is 2.09 bits per heavy atom. The van der Waals surface area contributed by atoms with Crippen LogP contribution < -0.4 is 5.73 Å². The lowest BCUT2D eigenvalue weighted by molar-refractivity contribution is 0.102. The second-order valence-corrected chi connectivity index (χ2v) is 7.42. The van der Waals surface area contributed by atoms with Gasteiger partial charge in [-0.1, -0.05) is 23.9 Å². The van der Waals surface area contributed by atoms with Gasteiger partial charge in [0.1, 0.15) is 10.6 Å². The number of thioether (sulfide) groups is 1. The number of carbonyl (C=O) groups is 1. The van der Waals surface area contributed by atoms with Crippen molar-refractivity contribution in [2.75, 3.05) is 11.5 Å². The molecule has 0 bridgehead atoms. The van der Waals surface area contributed by atoms with E-state index in [-0.39, 0.29) is 5.78 Å². The second-order valence-electron chi connectivity index (χ2n) is 5.58. The molecule has 1 aliphatic rings. The zero-order valence-corrected chi connectivity index (χ0v) is 14.0. The van der Waals surface area contributed by atoms with E-state index in [1.54, 1.807) is 0 Å². The van der Waals surface area contributed by atoms with Crippen LogP contribution in [-0.2, 0) is 12.8 Å². The molecule has 4 nitrogen and oxygen atoms in total. The van der Waals surface area contributed by atoms with Crippen LogP contribution in [0, 0.1) is 0 Å². The summed E-state index contributed by atoms with van der Waals surface area (Å²) in [7, 11) is 0. The Morgan fingerprint density at radius 1 is 1.22 bits per heavy atom. The number of carbonyl (C=O) groups excluding carboxylic acids is 1. The van der Waals surface area contributed by atoms with Crippen molar-refractivity contribution in [3.63, 3.8) is 0 Å². The van der Waals surface area contributed by atoms with Crippen molar-refractivity contribution in [3.05, 3.63) is 46.3 Å². The highest BCUT2D eigenvalue weighted by molar-refractivity contribution is 7.99. The van der Waals surface area contributed by atoms with Gasteiger partial charge in [0, 0.05) is 5.56 Å². The lowest BCUT2D eigenvalue weighted by atomic mass is 10.0. The maximum absolute atomic E-state index is 12.4. The summed E-state index contributed by atoms with van der Waals surface area (Å²) in [4.78, 5) is 22.0. The molecule has 6 heteroatoms. The Morgan fingerprint density at radius 3 is 3.00 bits per heavy atom. The topological polar surface area (TPSA) is 68.9 Å². The molecule has 2 N–H and O–H groups in total. The third kappa shape index (κ3) is 2.84. The van der Waals surface area contributed by atoms with E-state index in [0.29, 0.717) is 16.7 Å². The molecule has 0 radical (unpaired) electrons. The highest BCUT2D eigenvalue weighted by atomic mass is 32.2. The number of hydrogen-bond donors (Lipinski definition) is 1. The number of rotatable bonds is 4. The minimum atomic E-state index is 0.109. The van der Waals surface area contributed by atoms with Crippen molar-refractivity contribution >= 4 is 44.9 Å². The van der Waals surface area contributed by atoms with Gasteiger partial charge in [0.2, 0.25) is 0 Å². The fourth-order valence-electron chi connectivity index (χ4n) is 2.88. The standard InChI is InChI=1S/C17H15N3OS2/c18-15-13-6-7-22-16(13)20-17(19-15)23-9-14(21)12-5-4-10-2-1-3-11(10)8-12/h4-8H,1-3,9H2,(H2,18,19,20). The quantitative estimate of drug-likeness (QED) is 0.445. The SMILES string of the molecule is Nc1nc(SCC(=O)c2ccc3c(c2)CCC3)nc2sccc12. The van der Waals surface area contributed by atoms with Gasteiger partial charge in [-0.2, -0.15) is 0 Å². The Kier molecular flexibility index (Phi) is 3.79. The minimum absolute atomic E-state index is 0.109. The van der Waals surface area contributed by atoms with Crippen molar-refractivity contribution in [2.24, 2.45) is 0 Å². The first-order chi connectivity index (χ1) is 11.2. The summed E-state index contributed by atoms with van der Waals surface area (Å²) in [5.74, 6) is 0.914. The maximum atomic E-state index is 12.4. The second kappa shape index (κ2) is 5.94. The number of anilines is 1. The third-order valence-corrected chi connectivity index (χ3v) is 5.74. The van der Waals surface area contributed by atoms with E-state index in [1.807, 2.05) is 23.6 Å². The van der Waals surface area contributed by atoms with E-state index in [1.165, 1.54) is 40.6 Å². The van der Waals surface area contributed by atoms with Crippen LogP contribution in [0.15, 0.2) is 34.8 Å². The maximum Gasteiger partial charge on any atom is 0.191 e. The predicted octanol–water partition coefficient (Wildman–Crippen LogP) is 3.74. The molecule has 0 fully saturated rings. The van der Waals surface area contributed by atoms with Crippen LogP contribution >= 0.6 is 23.1 Å². The Balaban J connectivity index is 1.50. The molecule has 3 aromatic rings. The van der Waals surface area contributed by atoms with Crippen molar-refractivity contribution in [1.29, 1.82) is 0 Å². The number of hydrogen-bond acceptors (Lipinski definition) is 6. The Bertz CT molecular complexity index is 904. The molecule has 0 amide bonds.